The summed E-state index contributed by atoms with van der Waals surface area (Å²) in [6.07, 6.45) is 2.70. The van der Waals surface area contributed by atoms with Crippen LogP contribution in [-0.2, 0) is 14.8 Å². The number of carbonyl (C=O) groups excluding carboxylic acids is 1. The average molecular weight is 326 g/mol. The van der Waals surface area contributed by atoms with Gasteiger partial charge in [0.2, 0.25) is 10.0 Å². The van der Waals surface area contributed by atoms with E-state index < -0.39 is 16.1 Å². The van der Waals surface area contributed by atoms with Crippen molar-refractivity contribution < 1.29 is 17.9 Å². The Kier molecular flexibility index (Phi) is 5.28. The highest BCUT2D eigenvalue weighted by molar-refractivity contribution is 7.92. The number of hydrogen-bond donors (Lipinski definition) is 1. The first kappa shape index (κ1) is 16.6. The highest BCUT2D eigenvalue weighted by atomic mass is 32.2. The SMILES string of the molecule is CCCCNC(=O)[C@H]1CCN(S(C)(=O)=O)c2ccccc2O1. The van der Waals surface area contributed by atoms with Gasteiger partial charge in [0, 0.05) is 19.5 Å². The van der Waals surface area contributed by atoms with E-state index in [1.165, 1.54) is 4.31 Å². The van der Waals surface area contributed by atoms with Crippen LogP contribution in [0, 0.1) is 0 Å². The standard InChI is InChI=1S/C15H22N2O4S/c1-3-4-10-16-15(18)14-9-11-17(22(2,19)20)12-7-5-6-8-13(12)21-14/h5-8,14H,3-4,9-11H2,1-2H3,(H,16,18)/t14-/m1/s1. The number of anilines is 1. The second kappa shape index (κ2) is 7.00. The number of nitrogens with zero attached hydrogens (tertiary/aromatic N) is 1. The highest BCUT2D eigenvalue weighted by Gasteiger charge is 2.30. The van der Waals surface area contributed by atoms with Gasteiger partial charge in [-0.1, -0.05) is 25.5 Å². The summed E-state index contributed by atoms with van der Waals surface area (Å²) in [5.41, 5.74) is 0.480. The maximum absolute atomic E-state index is 12.2. The maximum Gasteiger partial charge on any atom is 0.261 e. The first-order valence-corrected chi connectivity index (χ1v) is 9.29. The molecular formula is C15H22N2O4S. The van der Waals surface area contributed by atoms with Crippen LogP contribution in [0.25, 0.3) is 0 Å². The molecule has 1 aromatic carbocycles. The number of sulfonamides is 1. The number of nitrogens with one attached hydrogen (secondary N) is 1. The van der Waals surface area contributed by atoms with E-state index >= 15 is 0 Å². The van der Waals surface area contributed by atoms with E-state index in [1.807, 2.05) is 0 Å². The van der Waals surface area contributed by atoms with E-state index in [9.17, 15) is 13.2 Å². The van der Waals surface area contributed by atoms with Crippen LogP contribution in [0.4, 0.5) is 5.69 Å². The fourth-order valence-corrected chi connectivity index (χ4v) is 3.31. The van der Waals surface area contributed by atoms with Gasteiger partial charge in [-0.15, -0.1) is 0 Å². The van der Waals surface area contributed by atoms with E-state index in [4.69, 9.17) is 4.74 Å². The number of amides is 1. The van der Waals surface area contributed by atoms with Gasteiger partial charge < -0.3 is 10.1 Å². The minimum atomic E-state index is -3.41. The predicted octanol–water partition coefficient (Wildman–Crippen LogP) is 1.52. The Bertz CT molecular complexity index is 630. The number of fused-ring (bicyclic) bond motifs is 1. The normalized spacial score (nSPS) is 18.1. The lowest BCUT2D eigenvalue weighted by Gasteiger charge is -2.20. The molecule has 0 saturated carbocycles. The van der Waals surface area contributed by atoms with E-state index in [0.717, 1.165) is 19.1 Å². The summed E-state index contributed by atoms with van der Waals surface area (Å²) in [5.74, 6) is 0.222. The van der Waals surface area contributed by atoms with Crippen LogP contribution in [0.5, 0.6) is 5.75 Å². The van der Waals surface area contributed by atoms with Gasteiger partial charge in [-0.2, -0.15) is 0 Å². The summed E-state index contributed by atoms with van der Waals surface area (Å²) in [7, 11) is -3.41. The van der Waals surface area contributed by atoms with Crippen molar-refractivity contribution in [3.63, 3.8) is 0 Å². The lowest BCUT2D eigenvalue weighted by atomic mass is 10.2. The van der Waals surface area contributed by atoms with Crippen LogP contribution in [0.1, 0.15) is 26.2 Å². The Hall–Kier alpha value is -1.76. The van der Waals surface area contributed by atoms with E-state index in [0.29, 0.717) is 24.4 Å². The quantitative estimate of drug-likeness (QED) is 0.833. The maximum atomic E-state index is 12.2. The molecule has 1 aliphatic heterocycles. The molecule has 0 unspecified atom stereocenters. The third-order valence-corrected chi connectivity index (χ3v) is 4.70. The van der Waals surface area contributed by atoms with Crippen molar-refractivity contribution in [3.8, 4) is 5.75 Å². The van der Waals surface area contributed by atoms with Crippen molar-refractivity contribution in [1.29, 1.82) is 0 Å². The fraction of sp³-hybridized carbons (Fsp3) is 0.533. The van der Waals surface area contributed by atoms with Gasteiger partial charge in [0.25, 0.3) is 5.91 Å². The number of carbonyl (C=O) groups is 1. The average Bonchev–Trinajstić information content (AvgIpc) is 2.66. The molecule has 1 aliphatic rings. The van der Waals surface area contributed by atoms with E-state index in [-0.39, 0.29) is 12.5 Å². The van der Waals surface area contributed by atoms with Gasteiger partial charge in [-0.05, 0) is 18.6 Å². The number of para-hydroxylation sites is 2. The molecule has 0 radical (unpaired) electrons. The summed E-state index contributed by atoms with van der Waals surface area (Å²) >= 11 is 0. The molecule has 0 saturated heterocycles. The molecule has 1 atom stereocenters. The molecule has 7 heteroatoms. The summed E-state index contributed by atoms with van der Waals surface area (Å²) in [6, 6.07) is 6.89. The van der Waals surface area contributed by atoms with Crippen molar-refractivity contribution >= 4 is 21.6 Å². The Balaban J connectivity index is 2.20. The molecule has 1 amide bonds. The van der Waals surface area contributed by atoms with Gasteiger partial charge in [0.05, 0.1) is 11.9 Å². The van der Waals surface area contributed by atoms with E-state index in [2.05, 4.69) is 12.2 Å². The van der Waals surface area contributed by atoms with Gasteiger partial charge in [0.1, 0.15) is 5.75 Å². The minimum Gasteiger partial charge on any atom is -0.478 e. The summed E-state index contributed by atoms with van der Waals surface area (Å²) in [4.78, 5) is 12.2. The zero-order valence-corrected chi connectivity index (χ0v) is 13.7. The Morgan fingerprint density at radius 3 is 2.82 bits per heavy atom. The van der Waals surface area contributed by atoms with Gasteiger partial charge in [-0.3, -0.25) is 9.10 Å². The van der Waals surface area contributed by atoms with Crippen molar-refractivity contribution in [2.24, 2.45) is 0 Å². The third kappa shape index (κ3) is 3.91. The molecule has 0 bridgehead atoms. The largest absolute Gasteiger partial charge is 0.478 e. The van der Waals surface area contributed by atoms with Gasteiger partial charge >= 0.3 is 0 Å². The number of unbranched alkanes of at least 4 members (excludes halogenated alkanes) is 1. The molecule has 2 rings (SSSR count). The topological polar surface area (TPSA) is 75.7 Å². The van der Waals surface area contributed by atoms with Crippen molar-refractivity contribution in [3.05, 3.63) is 24.3 Å². The number of rotatable bonds is 5. The molecule has 1 N–H and O–H groups in total. The lowest BCUT2D eigenvalue weighted by Crippen LogP contribution is -2.40. The zero-order valence-electron chi connectivity index (χ0n) is 12.9. The smallest absolute Gasteiger partial charge is 0.261 e. The molecule has 0 spiro atoms. The summed E-state index contributed by atoms with van der Waals surface area (Å²) in [5, 5.41) is 2.83. The van der Waals surface area contributed by atoms with Crippen molar-refractivity contribution in [1.82, 2.24) is 5.32 Å². The lowest BCUT2D eigenvalue weighted by molar-refractivity contribution is -0.128. The van der Waals surface area contributed by atoms with Crippen LogP contribution in [0.15, 0.2) is 24.3 Å². The Morgan fingerprint density at radius 1 is 1.41 bits per heavy atom. The number of benzene rings is 1. The monoisotopic (exact) mass is 326 g/mol. The summed E-state index contributed by atoms with van der Waals surface area (Å²) in [6.45, 7) is 2.88. The van der Waals surface area contributed by atoms with Crippen LogP contribution in [-0.4, -0.2) is 39.8 Å². The fourth-order valence-electron chi connectivity index (χ4n) is 2.36. The van der Waals surface area contributed by atoms with E-state index in [1.54, 1.807) is 24.3 Å². The molecule has 6 nitrogen and oxygen atoms in total. The van der Waals surface area contributed by atoms with Gasteiger partial charge in [-0.25, -0.2) is 8.42 Å². The van der Waals surface area contributed by atoms with Crippen molar-refractivity contribution in [2.45, 2.75) is 32.3 Å². The number of hydrogen-bond acceptors (Lipinski definition) is 4. The highest BCUT2D eigenvalue weighted by Crippen LogP contribution is 2.33. The molecule has 1 aromatic rings. The third-order valence-electron chi connectivity index (χ3n) is 3.52. The molecule has 1 heterocycles. The Morgan fingerprint density at radius 2 is 2.14 bits per heavy atom. The van der Waals surface area contributed by atoms with Crippen LogP contribution < -0.4 is 14.4 Å². The molecular weight excluding hydrogens is 304 g/mol. The molecule has 0 aromatic heterocycles. The van der Waals surface area contributed by atoms with Crippen LogP contribution in [0.3, 0.4) is 0 Å². The van der Waals surface area contributed by atoms with Crippen molar-refractivity contribution in [2.75, 3.05) is 23.7 Å². The molecule has 22 heavy (non-hydrogen) atoms. The zero-order chi connectivity index (χ0) is 16.2. The first-order chi connectivity index (χ1) is 10.4. The second-order valence-corrected chi connectivity index (χ2v) is 7.25. The Labute approximate surface area is 131 Å². The molecule has 0 aliphatic carbocycles. The van der Waals surface area contributed by atoms with Crippen LogP contribution in [0.2, 0.25) is 0 Å². The van der Waals surface area contributed by atoms with Gasteiger partial charge in [0.15, 0.2) is 6.10 Å². The minimum absolute atomic E-state index is 0.196. The summed E-state index contributed by atoms with van der Waals surface area (Å²) < 4.78 is 31.0. The molecule has 122 valence electrons. The van der Waals surface area contributed by atoms with Crippen LogP contribution >= 0.6 is 0 Å². The molecule has 0 fully saturated rings. The first-order valence-electron chi connectivity index (χ1n) is 7.44. The number of ether oxygens (including phenoxy) is 1. The second-order valence-electron chi connectivity index (χ2n) is 5.34. The predicted molar refractivity (Wildman–Crippen MR) is 85.6 cm³/mol.